The summed E-state index contributed by atoms with van der Waals surface area (Å²) >= 11 is 6.68. The second kappa shape index (κ2) is 10.4. The van der Waals surface area contributed by atoms with E-state index in [0.717, 1.165) is 33.0 Å². The first-order chi connectivity index (χ1) is 17.5. The molecule has 5 nitrogen and oxygen atoms in total. The molecule has 36 heavy (non-hydrogen) atoms. The van der Waals surface area contributed by atoms with Gasteiger partial charge in [-0.1, -0.05) is 66.2 Å². The molecule has 0 atom stereocenters. The maximum absolute atomic E-state index is 13.0. The fraction of sp³-hybridized carbons (Fsp3) is 0.0690. The highest BCUT2D eigenvalue weighted by molar-refractivity contribution is 8.18. The van der Waals surface area contributed by atoms with Crippen LogP contribution in [0.4, 0.5) is 4.79 Å². The molecule has 4 aromatic carbocycles. The molecule has 5 rings (SSSR count). The van der Waals surface area contributed by atoms with Gasteiger partial charge in [0.25, 0.3) is 11.1 Å². The van der Waals surface area contributed by atoms with Crippen molar-refractivity contribution < 1.29 is 19.1 Å². The minimum Gasteiger partial charge on any atom is -0.488 e. The van der Waals surface area contributed by atoms with E-state index in [1.807, 2.05) is 42.5 Å². The summed E-state index contributed by atoms with van der Waals surface area (Å²) in [5.74, 6) is -0.249. The molecule has 178 valence electrons. The van der Waals surface area contributed by atoms with E-state index < -0.39 is 11.1 Å². The van der Waals surface area contributed by atoms with Crippen molar-refractivity contribution in [2.45, 2.75) is 6.61 Å². The van der Waals surface area contributed by atoms with Gasteiger partial charge in [0.15, 0.2) is 5.78 Å². The maximum atomic E-state index is 13.0. The van der Waals surface area contributed by atoms with Crippen molar-refractivity contribution in [1.82, 2.24) is 4.90 Å². The number of carbonyl (C=O) groups is 3. The standard InChI is InChI=1S/C29H20ClNO4S/c30-24-13-11-21(12-14-24)25(32)17-31-28(33)27(36-29(31)34)16-23-7-3-4-8-26(23)35-18-19-9-10-20-5-1-2-6-22(20)15-19/h1-16H,17-18H2/b27-16-. The molecule has 0 aliphatic carbocycles. The molecule has 2 amide bonds. The number of nitrogens with zero attached hydrogens (tertiary/aromatic N) is 1. The lowest BCUT2D eigenvalue weighted by Gasteiger charge is -2.12. The minimum atomic E-state index is -0.503. The number of Topliss-reactive ketones (excluding diaryl/α,β-unsaturated/α-hetero) is 1. The maximum Gasteiger partial charge on any atom is 0.293 e. The predicted molar refractivity (Wildman–Crippen MR) is 143 cm³/mol. The summed E-state index contributed by atoms with van der Waals surface area (Å²) < 4.78 is 6.07. The van der Waals surface area contributed by atoms with Crippen LogP contribution >= 0.6 is 23.4 Å². The van der Waals surface area contributed by atoms with Crippen LogP contribution in [-0.4, -0.2) is 28.4 Å². The van der Waals surface area contributed by atoms with Gasteiger partial charge >= 0.3 is 0 Å². The summed E-state index contributed by atoms with van der Waals surface area (Å²) in [7, 11) is 0. The SMILES string of the molecule is O=C(CN1C(=O)S/C(=C\c2ccccc2OCc2ccc3ccccc3c2)C1=O)c1ccc(Cl)cc1. The number of thioether (sulfide) groups is 1. The number of halogens is 1. The summed E-state index contributed by atoms with van der Waals surface area (Å²) in [6.07, 6.45) is 1.63. The third-order valence-corrected chi connectivity index (χ3v) is 6.91. The number of ketones is 1. The molecule has 0 spiro atoms. The van der Waals surface area contributed by atoms with Crippen LogP contribution in [0.25, 0.3) is 16.8 Å². The highest BCUT2D eigenvalue weighted by atomic mass is 35.5. The fourth-order valence-corrected chi connectivity index (χ4v) is 4.82. The Kier molecular flexibility index (Phi) is 6.89. The molecule has 1 fully saturated rings. The third kappa shape index (κ3) is 5.20. The van der Waals surface area contributed by atoms with Gasteiger partial charge < -0.3 is 4.74 Å². The van der Waals surface area contributed by atoms with Gasteiger partial charge in [-0.15, -0.1) is 0 Å². The van der Waals surface area contributed by atoms with Gasteiger partial charge in [-0.25, -0.2) is 0 Å². The summed E-state index contributed by atoms with van der Waals surface area (Å²) in [6, 6.07) is 27.9. The summed E-state index contributed by atoms with van der Waals surface area (Å²) in [6.45, 7) is 0.0243. The summed E-state index contributed by atoms with van der Waals surface area (Å²) in [5, 5.41) is 2.31. The quantitative estimate of drug-likeness (QED) is 0.197. The van der Waals surface area contributed by atoms with Crippen molar-refractivity contribution in [2.24, 2.45) is 0 Å². The van der Waals surface area contributed by atoms with Crippen LogP contribution in [0, 0.1) is 0 Å². The van der Waals surface area contributed by atoms with Crippen LogP contribution in [0.3, 0.4) is 0 Å². The van der Waals surface area contributed by atoms with Gasteiger partial charge in [0.1, 0.15) is 12.4 Å². The fourth-order valence-electron chi connectivity index (χ4n) is 3.87. The van der Waals surface area contributed by atoms with Crippen LogP contribution in [0.5, 0.6) is 5.75 Å². The number of para-hydroxylation sites is 1. The Labute approximate surface area is 217 Å². The van der Waals surface area contributed by atoms with E-state index >= 15 is 0 Å². The lowest BCUT2D eigenvalue weighted by molar-refractivity contribution is -0.122. The summed E-state index contributed by atoms with van der Waals surface area (Å²) in [4.78, 5) is 39.3. The molecule has 4 aromatic rings. The van der Waals surface area contributed by atoms with Gasteiger partial charge in [-0.2, -0.15) is 0 Å². The topological polar surface area (TPSA) is 63.7 Å². The smallest absolute Gasteiger partial charge is 0.293 e. The Morgan fingerprint density at radius 1 is 0.889 bits per heavy atom. The number of benzene rings is 4. The average molecular weight is 514 g/mol. The second-order valence-electron chi connectivity index (χ2n) is 8.21. The molecule has 0 saturated carbocycles. The molecular weight excluding hydrogens is 494 g/mol. The lowest BCUT2D eigenvalue weighted by Crippen LogP contribution is -2.33. The molecule has 0 N–H and O–H groups in total. The van der Waals surface area contributed by atoms with Crippen LogP contribution < -0.4 is 4.74 Å². The van der Waals surface area contributed by atoms with E-state index in [9.17, 15) is 14.4 Å². The highest BCUT2D eigenvalue weighted by Crippen LogP contribution is 2.34. The van der Waals surface area contributed by atoms with Crippen molar-refractivity contribution in [3.63, 3.8) is 0 Å². The number of ether oxygens (including phenoxy) is 1. The van der Waals surface area contributed by atoms with E-state index in [-0.39, 0.29) is 17.2 Å². The number of hydrogen-bond acceptors (Lipinski definition) is 5. The zero-order valence-corrected chi connectivity index (χ0v) is 20.6. The molecule has 0 unspecified atom stereocenters. The van der Waals surface area contributed by atoms with E-state index in [0.29, 0.717) is 28.5 Å². The first kappa shape index (κ1) is 23.9. The molecule has 7 heteroatoms. The Morgan fingerprint density at radius 2 is 1.61 bits per heavy atom. The zero-order valence-electron chi connectivity index (χ0n) is 19.0. The number of fused-ring (bicyclic) bond motifs is 1. The number of rotatable bonds is 7. The predicted octanol–water partition coefficient (Wildman–Crippen LogP) is 6.99. The van der Waals surface area contributed by atoms with Gasteiger partial charge in [0.05, 0.1) is 11.4 Å². The first-order valence-electron chi connectivity index (χ1n) is 11.2. The van der Waals surface area contributed by atoms with Crippen LogP contribution in [0.2, 0.25) is 5.02 Å². The van der Waals surface area contributed by atoms with Gasteiger partial charge in [-0.3, -0.25) is 19.3 Å². The molecule has 1 heterocycles. The monoisotopic (exact) mass is 513 g/mol. The van der Waals surface area contributed by atoms with E-state index in [4.69, 9.17) is 16.3 Å². The number of amides is 2. The molecule has 1 aliphatic rings. The van der Waals surface area contributed by atoms with Gasteiger partial charge in [0, 0.05) is 16.1 Å². The first-order valence-corrected chi connectivity index (χ1v) is 12.4. The highest BCUT2D eigenvalue weighted by Gasteiger charge is 2.36. The van der Waals surface area contributed by atoms with Crippen molar-refractivity contribution in [2.75, 3.05) is 6.54 Å². The number of hydrogen-bond donors (Lipinski definition) is 0. The normalized spacial score (nSPS) is 14.6. The van der Waals surface area contributed by atoms with Crippen LogP contribution in [0.15, 0.2) is 95.9 Å². The van der Waals surface area contributed by atoms with E-state index in [1.165, 1.54) is 0 Å². The lowest BCUT2D eigenvalue weighted by atomic mass is 10.1. The second-order valence-corrected chi connectivity index (χ2v) is 9.64. The molecule has 0 aromatic heterocycles. The number of carbonyl (C=O) groups excluding carboxylic acids is 3. The third-order valence-electron chi connectivity index (χ3n) is 5.76. The zero-order chi connectivity index (χ0) is 25.1. The van der Waals surface area contributed by atoms with Crippen molar-refractivity contribution in [3.8, 4) is 5.75 Å². The number of imide groups is 1. The van der Waals surface area contributed by atoms with Gasteiger partial charge in [-0.05, 0) is 70.6 Å². The molecule has 1 saturated heterocycles. The minimum absolute atomic E-state index is 0.241. The average Bonchev–Trinajstić information content (AvgIpc) is 3.15. The van der Waals surface area contributed by atoms with Crippen molar-refractivity contribution in [3.05, 3.63) is 118 Å². The van der Waals surface area contributed by atoms with Crippen molar-refractivity contribution >= 4 is 57.1 Å². The Morgan fingerprint density at radius 3 is 2.42 bits per heavy atom. The Balaban J connectivity index is 1.31. The van der Waals surface area contributed by atoms with Crippen LogP contribution in [0.1, 0.15) is 21.5 Å². The summed E-state index contributed by atoms with van der Waals surface area (Å²) in [5.41, 5.74) is 2.08. The molecule has 0 bridgehead atoms. The van der Waals surface area contributed by atoms with E-state index in [2.05, 4.69) is 24.3 Å². The van der Waals surface area contributed by atoms with Gasteiger partial charge in [0.2, 0.25) is 0 Å². The molecular formula is C29H20ClNO4S. The molecule has 0 radical (unpaired) electrons. The molecule has 1 aliphatic heterocycles. The Hall–Kier alpha value is -3.87. The van der Waals surface area contributed by atoms with Crippen LogP contribution in [-0.2, 0) is 11.4 Å². The largest absolute Gasteiger partial charge is 0.488 e. The van der Waals surface area contributed by atoms with Crippen molar-refractivity contribution in [1.29, 1.82) is 0 Å². The van der Waals surface area contributed by atoms with E-state index in [1.54, 1.807) is 30.3 Å². The Bertz CT molecular complexity index is 1510.